The second kappa shape index (κ2) is 5.56. The third-order valence-corrected chi connectivity index (χ3v) is 3.57. The fourth-order valence-electron chi connectivity index (χ4n) is 2.83. The van der Waals surface area contributed by atoms with Crippen molar-refractivity contribution in [2.45, 2.75) is 78.6 Å². The fourth-order valence-corrected chi connectivity index (χ4v) is 2.83. The van der Waals surface area contributed by atoms with E-state index in [2.05, 4.69) is 54.5 Å². The van der Waals surface area contributed by atoms with Gasteiger partial charge in [0.25, 0.3) is 0 Å². The van der Waals surface area contributed by atoms with Crippen LogP contribution in [0.5, 0.6) is 5.75 Å². The van der Waals surface area contributed by atoms with Crippen molar-refractivity contribution in [1.82, 2.24) is 0 Å². The molecule has 0 spiro atoms. The molecule has 0 bridgehead atoms. The molecule has 1 aromatic carbocycles. The van der Waals surface area contributed by atoms with Gasteiger partial charge in [-0.05, 0) is 40.9 Å². The molecule has 0 radical (unpaired) electrons. The van der Waals surface area contributed by atoms with Gasteiger partial charge in [0.1, 0.15) is 5.75 Å². The number of phenolic OH excluding ortho intramolecular Hbond substituents is 1. The molecule has 1 N–H and O–H groups in total. The predicted octanol–water partition coefficient (Wildman–Crippen LogP) is 5.33. The normalized spacial score (nSPS) is 12.8. The monoisotopic (exact) mass is 262 g/mol. The van der Waals surface area contributed by atoms with Crippen LogP contribution in [-0.2, 0) is 17.3 Å². The van der Waals surface area contributed by atoms with Gasteiger partial charge in [0.2, 0.25) is 0 Å². The van der Waals surface area contributed by atoms with E-state index in [9.17, 15) is 5.11 Å². The lowest BCUT2D eigenvalue weighted by Gasteiger charge is -2.33. The Hall–Kier alpha value is -0.980. The summed E-state index contributed by atoms with van der Waals surface area (Å²) in [6, 6.07) is 3.99. The van der Waals surface area contributed by atoms with Gasteiger partial charge in [-0.2, -0.15) is 0 Å². The summed E-state index contributed by atoms with van der Waals surface area (Å²) in [4.78, 5) is 0. The van der Waals surface area contributed by atoms with E-state index >= 15 is 0 Å². The minimum Gasteiger partial charge on any atom is -0.508 e. The smallest absolute Gasteiger partial charge is 0.119 e. The first-order chi connectivity index (χ1) is 8.59. The maximum Gasteiger partial charge on any atom is 0.119 e. The number of benzene rings is 1. The van der Waals surface area contributed by atoms with Crippen LogP contribution in [0.4, 0.5) is 0 Å². The zero-order valence-electron chi connectivity index (χ0n) is 13.7. The molecule has 0 saturated heterocycles. The molecule has 1 rings (SSSR count). The summed E-state index contributed by atoms with van der Waals surface area (Å²) in [6.07, 6.45) is 3.51. The summed E-state index contributed by atoms with van der Waals surface area (Å²) in [5, 5.41) is 10.3. The zero-order chi connectivity index (χ0) is 14.8. The van der Waals surface area contributed by atoms with E-state index in [1.807, 2.05) is 6.07 Å². The molecule has 0 aliphatic heterocycles. The van der Waals surface area contributed by atoms with Crippen LogP contribution in [0.2, 0.25) is 0 Å². The summed E-state index contributed by atoms with van der Waals surface area (Å²) in [5.41, 5.74) is 3.89. The molecule has 1 heteroatoms. The highest BCUT2D eigenvalue weighted by Gasteiger charge is 2.30. The van der Waals surface area contributed by atoms with Crippen LogP contribution in [0.1, 0.15) is 78.0 Å². The number of hydrogen-bond acceptors (Lipinski definition) is 1. The standard InChI is InChI=1S/C18H30O/c1-8-9-10-13-11-12-14(19)16(18(5,6)7)15(13)17(2,3)4/h11-12,19H,8-10H2,1-7H3. The Kier molecular flexibility index (Phi) is 4.71. The Morgan fingerprint density at radius 2 is 1.42 bits per heavy atom. The van der Waals surface area contributed by atoms with Crippen LogP contribution in [0.3, 0.4) is 0 Å². The minimum absolute atomic E-state index is 0.0328. The van der Waals surface area contributed by atoms with Crippen LogP contribution < -0.4 is 0 Å². The van der Waals surface area contributed by atoms with Crippen molar-refractivity contribution in [1.29, 1.82) is 0 Å². The minimum atomic E-state index is -0.0328. The summed E-state index contributed by atoms with van der Waals surface area (Å²) in [6.45, 7) is 15.5. The third kappa shape index (κ3) is 3.75. The molecular formula is C18H30O. The molecule has 1 aromatic rings. The van der Waals surface area contributed by atoms with E-state index in [1.165, 1.54) is 24.0 Å². The first-order valence-electron chi connectivity index (χ1n) is 7.44. The van der Waals surface area contributed by atoms with Crippen molar-refractivity contribution >= 4 is 0 Å². The van der Waals surface area contributed by atoms with Gasteiger partial charge in [0, 0.05) is 5.56 Å². The van der Waals surface area contributed by atoms with Crippen molar-refractivity contribution in [2.24, 2.45) is 0 Å². The van der Waals surface area contributed by atoms with Gasteiger partial charge in [0.05, 0.1) is 0 Å². The molecule has 1 nitrogen and oxygen atoms in total. The molecule has 0 aromatic heterocycles. The van der Waals surface area contributed by atoms with E-state index < -0.39 is 0 Å². The van der Waals surface area contributed by atoms with Crippen molar-refractivity contribution in [3.63, 3.8) is 0 Å². The number of hydrogen-bond donors (Lipinski definition) is 1. The van der Waals surface area contributed by atoms with Gasteiger partial charge in [-0.1, -0.05) is 61.0 Å². The number of aromatic hydroxyl groups is 1. The van der Waals surface area contributed by atoms with Gasteiger partial charge in [-0.25, -0.2) is 0 Å². The SMILES string of the molecule is CCCCc1ccc(O)c(C(C)(C)C)c1C(C)(C)C. The Labute approximate surface area is 119 Å². The fraction of sp³-hybridized carbons (Fsp3) is 0.667. The number of phenols is 1. The summed E-state index contributed by atoms with van der Waals surface area (Å²) in [7, 11) is 0. The highest BCUT2D eigenvalue weighted by atomic mass is 16.3. The molecule has 0 heterocycles. The maximum atomic E-state index is 10.3. The average molecular weight is 262 g/mol. The van der Waals surface area contributed by atoms with Crippen molar-refractivity contribution in [2.75, 3.05) is 0 Å². The largest absolute Gasteiger partial charge is 0.508 e. The van der Waals surface area contributed by atoms with Gasteiger partial charge in [-0.15, -0.1) is 0 Å². The van der Waals surface area contributed by atoms with Crippen LogP contribution in [0.25, 0.3) is 0 Å². The van der Waals surface area contributed by atoms with E-state index in [4.69, 9.17) is 0 Å². The Bertz CT molecular complexity index is 430. The van der Waals surface area contributed by atoms with Gasteiger partial charge >= 0.3 is 0 Å². The number of unbranched alkanes of at least 4 members (excludes halogenated alkanes) is 1. The molecule has 0 aliphatic rings. The molecule has 0 atom stereocenters. The van der Waals surface area contributed by atoms with Crippen LogP contribution >= 0.6 is 0 Å². The van der Waals surface area contributed by atoms with Crippen LogP contribution in [0.15, 0.2) is 12.1 Å². The van der Waals surface area contributed by atoms with Crippen molar-refractivity contribution in [3.8, 4) is 5.75 Å². The summed E-state index contributed by atoms with van der Waals surface area (Å²) in [5.74, 6) is 0.442. The number of aryl methyl sites for hydroxylation is 1. The van der Waals surface area contributed by atoms with Crippen LogP contribution in [0, 0.1) is 0 Å². The molecule has 0 unspecified atom stereocenters. The van der Waals surface area contributed by atoms with Gasteiger partial charge < -0.3 is 5.11 Å². The molecule has 0 aliphatic carbocycles. The molecule has 0 amide bonds. The van der Waals surface area contributed by atoms with Gasteiger partial charge in [-0.3, -0.25) is 0 Å². The first-order valence-corrected chi connectivity index (χ1v) is 7.44. The molecule has 0 saturated carbocycles. The topological polar surface area (TPSA) is 20.2 Å². The second-order valence-corrected chi connectivity index (χ2v) is 7.60. The van der Waals surface area contributed by atoms with E-state index in [1.54, 1.807) is 0 Å². The maximum absolute atomic E-state index is 10.3. The van der Waals surface area contributed by atoms with Crippen LogP contribution in [-0.4, -0.2) is 5.11 Å². The quantitative estimate of drug-likeness (QED) is 0.780. The predicted molar refractivity (Wildman–Crippen MR) is 84.1 cm³/mol. The number of rotatable bonds is 3. The lowest BCUT2D eigenvalue weighted by molar-refractivity contribution is 0.433. The zero-order valence-corrected chi connectivity index (χ0v) is 13.7. The molecule has 0 fully saturated rings. The summed E-state index contributed by atoms with van der Waals surface area (Å²) < 4.78 is 0. The molecular weight excluding hydrogens is 232 g/mol. The Balaban J connectivity index is 3.52. The average Bonchev–Trinajstić information content (AvgIpc) is 2.24. The summed E-state index contributed by atoms with van der Waals surface area (Å²) >= 11 is 0. The Morgan fingerprint density at radius 3 is 1.84 bits per heavy atom. The van der Waals surface area contributed by atoms with E-state index in [-0.39, 0.29) is 10.8 Å². The van der Waals surface area contributed by atoms with E-state index in [0.29, 0.717) is 5.75 Å². The third-order valence-electron chi connectivity index (χ3n) is 3.57. The second-order valence-electron chi connectivity index (χ2n) is 7.60. The van der Waals surface area contributed by atoms with Gasteiger partial charge in [0.15, 0.2) is 0 Å². The van der Waals surface area contributed by atoms with Crippen molar-refractivity contribution in [3.05, 3.63) is 28.8 Å². The molecule has 108 valence electrons. The lowest BCUT2D eigenvalue weighted by Crippen LogP contribution is -2.24. The first kappa shape index (κ1) is 16.1. The highest BCUT2D eigenvalue weighted by molar-refractivity contribution is 5.51. The molecule has 19 heavy (non-hydrogen) atoms. The highest BCUT2D eigenvalue weighted by Crippen LogP contribution is 2.41. The Morgan fingerprint density at radius 1 is 0.895 bits per heavy atom. The van der Waals surface area contributed by atoms with E-state index in [0.717, 1.165) is 12.0 Å². The van der Waals surface area contributed by atoms with Crippen molar-refractivity contribution < 1.29 is 5.11 Å². The lowest BCUT2D eigenvalue weighted by atomic mass is 9.72.